The van der Waals surface area contributed by atoms with Gasteiger partial charge in [-0.3, -0.25) is 4.79 Å². The molecule has 1 unspecified atom stereocenters. The van der Waals surface area contributed by atoms with E-state index in [0.29, 0.717) is 17.8 Å². The molecule has 0 saturated heterocycles. The molecule has 1 aromatic rings. The van der Waals surface area contributed by atoms with Crippen molar-refractivity contribution in [1.82, 2.24) is 9.80 Å². The predicted octanol–water partition coefficient (Wildman–Crippen LogP) is 3.92. The Morgan fingerprint density at radius 2 is 2.00 bits per heavy atom. The Labute approximate surface area is 176 Å². The van der Waals surface area contributed by atoms with Gasteiger partial charge in [0.25, 0.3) is 0 Å². The van der Waals surface area contributed by atoms with E-state index in [1.54, 1.807) is 11.9 Å². The van der Waals surface area contributed by atoms with Crippen LogP contribution in [0, 0.1) is 13.8 Å². The number of carbonyl (C=O) groups is 2. The fraction of sp³-hybridized carbons (Fsp3) is 0.409. The summed E-state index contributed by atoms with van der Waals surface area (Å²) >= 11 is 1.49. The van der Waals surface area contributed by atoms with Crippen LogP contribution in [0.5, 0.6) is 0 Å². The van der Waals surface area contributed by atoms with Crippen LogP contribution in [0.25, 0.3) is 0 Å². The maximum absolute atomic E-state index is 12.7. The topological polar surface area (TPSA) is 62.2 Å². The first kappa shape index (κ1) is 21.2. The normalized spacial score (nSPS) is 18.3. The van der Waals surface area contributed by atoms with Gasteiger partial charge >= 0.3 is 5.97 Å². The van der Waals surface area contributed by atoms with Crippen LogP contribution in [0.3, 0.4) is 0 Å². The highest BCUT2D eigenvalue weighted by molar-refractivity contribution is 8.16. The van der Waals surface area contributed by atoms with Crippen LogP contribution in [-0.4, -0.2) is 47.5 Å². The largest absolute Gasteiger partial charge is 0.466 e. The highest BCUT2D eigenvalue weighted by Crippen LogP contribution is 2.45. The molecule has 0 saturated carbocycles. The van der Waals surface area contributed by atoms with Crippen molar-refractivity contribution in [3.63, 3.8) is 0 Å². The Kier molecular flexibility index (Phi) is 6.17. The molecule has 7 heteroatoms. The molecule has 2 aliphatic rings. The predicted molar refractivity (Wildman–Crippen MR) is 116 cm³/mol. The summed E-state index contributed by atoms with van der Waals surface area (Å²) in [6.07, 6.45) is 0.255. The monoisotopic (exact) mass is 413 g/mol. The van der Waals surface area contributed by atoms with Crippen molar-refractivity contribution in [2.24, 2.45) is 4.99 Å². The highest BCUT2D eigenvalue weighted by Gasteiger charge is 2.41. The number of nitrogens with zero attached hydrogens (tertiary/aromatic N) is 3. The number of hydrogen-bond acceptors (Lipinski definition) is 6. The fourth-order valence-electron chi connectivity index (χ4n) is 3.63. The average Bonchev–Trinajstić information content (AvgIpc) is 3.08. The molecule has 1 aromatic carbocycles. The Balaban J connectivity index is 2.10. The zero-order valence-electron chi connectivity index (χ0n) is 17.8. The molecule has 2 heterocycles. The summed E-state index contributed by atoms with van der Waals surface area (Å²) in [4.78, 5) is 33.7. The first-order valence-electron chi connectivity index (χ1n) is 9.62. The van der Waals surface area contributed by atoms with Crippen molar-refractivity contribution in [2.75, 3.05) is 20.7 Å². The zero-order valence-corrected chi connectivity index (χ0v) is 18.6. The molecule has 0 aliphatic carbocycles. The van der Waals surface area contributed by atoms with Gasteiger partial charge in [-0.15, -0.1) is 0 Å². The molecule has 2 aliphatic heterocycles. The van der Waals surface area contributed by atoms with E-state index in [-0.39, 0.29) is 18.4 Å². The van der Waals surface area contributed by atoms with Gasteiger partial charge in [-0.2, -0.15) is 0 Å². The maximum atomic E-state index is 12.7. The second-order valence-electron chi connectivity index (χ2n) is 7.33. The number of methoxy groups -OCH3 is 1. The average molecular weight is 414 g/mol. The number of esters is 1. The number of fused-ring (bicyclic) bond motifs is 1. The van der Waals surface area contributed by atoms with Gasteiger partial charge in [0.2, 0.25) is 5.91 Å². The molecule has 3 rings (SSSR count). The summed E-state index contributed by atoms with van der Waals surface area (Å²) in [6, 6.07) is 5.82. The molecule has 154 valence electrons. The van der Waals surface area contributed by atoms with Crippen LogP contribution < -0.4 is 0 Å². The molecule has 0 bridgehead atoms. The molecule has 0 N–H and O–H groups in total. The number of aliphatic imine (C=N–C) groups is 1. The van der Waals surface area contributed by atoms with Gasteiger partial charge in [0.05, 0.1) is 30.8 Å². The quantitative estimate of drug-likeness (QED) is 0.685. The zero-order chi connectivity index (χ0) is 21.3. The number of ether oxygens (including phenoxy) is 1. The number of benzene rings is 1. The third-order valence-electron chi connectivity index (χ3n) is 5.36. The Hall–Kier alpha value is -2.54. The standard InChI is InChI=1S/C22H27N3O3S/c1-7-24(5)18(26)11-16-12-29-22-23-15(4)19(21(27)28-6)20(25(16)22)17-9-8-13(2)10-14(17)3/h8-10,12,20H,7,11H2,1-6H3. The molecular formula is C22H27N3O3S. The SMILES string of the molecule is CCN(C)C(=O)CC1=CSC2=NC(C)=C(C(=O)OC)C(c3ccc(C)cc3C)N12. The molecule has 0 fully saturated rings. The number of aryl methyl sites for hydroxylation is 2. The number of hydrogen-bond donors (Lipinski definition) is 0. The number of carbonyl (C=O) groups excluding carboxylic acids is 2. The van der Waals surface area contributed by atoms with Gasteiger partial charge < -0.3 is 14.5 Å². The maximum Gasteiger partial charge on any atom is 0.338 e. The lowest BCUT2D eigenvalue weighted by Crippen LogP contribution is -2.38. The summed E-state index contributed by atoms with van der Waals surface area (Å²) in [7, 11) is 3.18. The van der Waals surface area contributed by atoms with E-state index in [0.717, 1.165) is 27.6 Å². The van der Waals surface area contributed by atoms with E-state index in [2.05, 4.69) is 17.1 Å². The van der Waals surface area contributed by atoms with Gasteiger partial charge in [0, 0.05) is 19.3 Å². The van der Waals surface area contributed by atoms with E-state index in [1.165, 1.54) is 18.9 Å². The smallest absolute Gasteiger partial charge is 0.338 e. The Morgan fingerprint density at radius 1 is 1.28 bits per heavy atom. The second kappa shape index (κ2) is 8.45. The number of thioether (sulfide) groups is 1. The van der Waals surface area contributed by atoms with Crippen molar-refractivity contribution in [3.05, 3.63) is 57.3 Å². The first-order valence-corrected chi connectivity index (χ1v) is 10.5. The lowest BCUT2D eigenvalue weighted by Gasteiger charge is -2.37. The lowest BCUT2D eigenvalue weighted by atomic mass is 9.90. The Morgan fingerprint density at radius 3 is 2.62 bits per heavy atom. The minimum Gasteiger partial charge on any atom is -0.466 e. The summed E-state index contributed by atoms with van der Waals surface area (Å²) in [5.41, 5.74) is 5.24. The molecule has 1 amide bonds. The van der Waals surface area contributed by atoms with Gasteiger partial charge in [-0.05, 0) is 44.2 Å². The fourth-order valence-corrected chi connectivity index (χ4v) is 4.60. The molecule has 29 heavy (non-hydrogen) atoms. The second-order valence-corrected chi connectivity index (χ2v) is 8.17. The van der Waals surface area contributed by atoms with Crippen LogP contribution in [0.4, 0.5) is 0 Å². The molecule has 0 spiro atoms. The summed E-state index contributed by atoms with van der Waals surface area (Å²) in [5.74, 6) is -0.366. The number of amides is 1. The van der Waals surface area contributed by atoms with Crippen molar-refractivity contribution >= 4 is 28.8 Å². The van der Waals surface area contributed by atoms with Crippen LogP contribution in [0.1, 0.15) is 43.0 Å². The molecule has 1 atom stereocenters. The van der Waals surface area contributed by atoms with Crippen molar-refractivity contribution in [1.29, 1.82) is 0 Å². The highest BCUT2D eigenvalue weighted by atomic mass is 32.2. The van der Waals surface area contributed by atoms with E-state index >= 15 is 0 Å². The van der Waals surface area contributed by atoms with Gasteiger partial charge in [0.15, 0.2) is 5.17 Å². The van der Waals surface area contributed by atoms with E-state index in [4.69, 9.17) is 4.74 Å². The van der Waals surface area contributed by atoms with Gasteiger partial charge in [-0.25, -0.2) is 9.79 Å². The van der Waals surface area contributed by atoms with Crippen molar-refractivity contribution in [2.45, 2.75) is 40.2 Å². The Bertz CT molecular complexity index is 949. The summed E-state index contributed by atoms with van der Waals surface area (Å²) < 4.78 is 5.10. The third-order valence-corrected chi connectivity index (χ3v) is 6.25. The van der Waals surface area contributed by atoms with Crippen molar-refractivity contribution in [3.8, 4) is 0 Å². The van der Waals surface area contributed by atoms with Gasteiger partial charge in [0.1, 0.15) is 0 Å². The third kappa shape index (κ3) is 3.96. The number of rotatable bonds is 5. The molecule has 6 nitrogen and oxygen atoms in total. The van der Waals surface area contributed by atoms with Crippen molar-refractivity contribution < 1.29 is 14.3 Å². The van der Waals surface area contributed by atoms with Gasteiger partial charge in [-0.1, -0.05) is 35.5 Å². The number of allylic oxidation sites excluding steroid dienone is 1. The van der Waals surface area contributed by atoms with Crippen LogP contribution in [-0.2, 0) is 14.3 Å². The van der Waals surface area contributed by atoms with Crippen LogP contribution in [0.15, 0.2) is 45.6 Å². The number of amidine groups is 1. The lowest BCUT2D eigenvalue weighted by molar-refractivity contribution is -0.136. The molecule has 0 radical (unpaired) electrons. The molecule has 0 aromatic heterocycles. The first-order chi connectivity index (χ1) is 13.8. The van der Waals surface area contributed by atoms with Crippen LogP contribution in [0.2, 0.25) is 0 Å². The minimum absolute atomic E-state index is 0.0332. The summed E-state index contributed by atoms with van der Waals surface area (Å²) in [5, 5.41) is 2.74. The van der Waals surface area contributed by atoms with E-state index in [9.17, 15) is 9.59 Å². The van der Waals surface area contributed by atoms with E-state index < -0.39 is 5.97 Å². The minimum atomic E-state index is -0.400. The van der Waals surface area contributed by atoms with Crippen LogP contribution >= 0.6 is 11.8 Å². The molecular weight excluding hydrogens is 386 g/mol. The summed E-state index contributed by atoms with van der Waals surface area (Å²) in [6.45, 7) is 8.52. The van der Waals surface area contributed by atoms with E-state index in [1.807, 2.05) is 44.1 Å².